The van der Waals surface area contributed by atoms with Crippen LogP contribution in [-0.4, -0.2) is 27.5 Å². The number of hydrogen-bond donors (Lipinski definition) is 2. The third-order valence-electron chi connectivity index (χ3n) is 2.67. The summed E-state index contributed by atoms with van der Waals surface area (Å²) in [4.78, 5) is 0. The van der Waals surface area contributed by atoms with Gasteiger partial charge in [-0.15, -0.1) is 0 Å². The van der Waals surface area contributed by atoms with Crippen LogP contribution in [0.3, 0.4) is 0 Å². The average Bonchev–Trinajstić information content (AvgIpc) is 2.51. The summed E-state index contributed by atoms with van der Waals surface area (Å²) in [6.45, 7) is 7.31. The lowest BCUT2D eigenvalue weighted by atomic mass is 10.0. The van der Waals surface area contributed by atoms with Crippen molar-refractivity contribution in [2.75, 3.05) is 6.61 Å². The van der Waals surface area contributed by atoms with Crippen LogP contribution in [0.2, 0.25) is 0 Å². The lowest BCUT2D eigenvalue weighted by Gasteiger charge is -2.17. The summed E-state index contributed by atoms with van der Waals surface area (Å²) in [5.74, 6) is 0.597. The van der Waals surface area contributed by atoms with E-state index in [9.17, 15) is 5.11 Å². The van der Waals surface area contributed by atoms with Gasteiger partial charge in [-0.05, 0) is 19.3 Å². The minimum absolute atomic E-state index is 0.180. The highest BCUT2D eigenvalue weighted by atomic mass is 16.3. The highest BCUT2D eigenvalue weighted by Gasteiger charge is 2.10. The van der Waals surface area contributed by atoms with Gasteiger partial charge in [-0.1, -0.05) is 13.8 Å². The van der Waals surface area contributed by atoms with Gasteiger partial charge in [0.2, 0.25) is 0 Å². The molecule has 0 aliphatic heterocycles. The summed E-state index contributed by atoms with van der Waals surface area (Å²) >= 11 is 0. The Labute approximate surface area is 97.7 Å². The molecule has 1 heterocycles. The van der Waals surface area contributed by atoms with E-state index < -0.39 is 0 Å². The summed E-state index contributed by atoms with van der Waals surface area (Å²) in [6.07, 6.45) is 3.02. The molecular weight excluding hydrogens is 202 g/mol. The lowest BCUT2D eigenvalue weighted by molar-refractivity contribution is 0.223. The van der Waals surface area contributed by atoms with Crippen LogP contribution >= 0.6 is 0 Å². The molecule has 1 atom stereocenters. The van der Waals surface area contributed by atoms with Gasteiger partial charge in [0.15, 0.2) is 0 Å². The van der Waals surface area contributed by atoms with Crippen molar-refractivity contribution in [1.29, 1.82) is 0 Å². The summed E-state index contributed by atoms with van der Waals surface area (Å²) in [5.41, 5.74) is 2.25. The second-order valence-corrected chi connectivity index (χ2v) is 4.80. The molecule has 16 heavy (non-hydrogen) atoms. The molecule has 0 aliphatic carbocycles. The third-order valence-corrected chi connectivity index (χ3v) is 2.67. The van der Waals surface area contributed by atoms with Gasteiger partial charge < -0.3 is 10.4 Å². The van der Waals surface area contributed by atoms with Gasteiger partial charge in [0.25, 0.3) is 0 Å². The second-order valence-electron chi connectivity index (χ2n) is 4.80. The smallest absolute Gasteiger partial charge is 0.0638 e. The molecule has 0 spiro atoms. The van der Waals surface area contributed by atoms with E-state index in [0.717, 1.165) is 18.7 Å². The number of aromatic nitrogens is 2. The Hall–Kier alpha value is -0.870. The van der Waals surface area contributed by atoms with Crippen LogP contribution in [0, 0.1) is 12.8 Å². The Morgan fingerprint density at radius 1 is 1.50 bits per heavy atom. The molecular formula is C12H23N3O. The van der Waals surface area contributed by atoms with Crippen molar-refractivity contribution in [3.05, 3.63) is 17.5 Å². The molecule has 0 bridgehead atoms. The Morgan fingerprint density at radius 3 is 2.62 bits per heavy atom. The van der Waals surface area contributed by atoms with Crippen LogP contribution in [0.15, 0.2) is 6.20 Å². The van der Waals surface area contributed by atoms with Gasteiger partial charge in [-0.25, -0.2) is 0 Å². The standard InChI is InChI=1S/C12H23N3O/c1-9(2)5-12(8-16)13-6-11-7-15(4)14-10(11)3/h7,9,12-13,16H,5-6,8H2,1-4H3. The maximum absolute atomic E-state index is 9.24. The third kappa shape index (κ3) is 3.94. The predicted octanol–water partition coefficient (Wildman–Crippen LogP) is 1.23. The Bertz CT molecular complexity index is 320. The number of aryl methyl sites for hydroxylation is 2. The van der Waals surface area contributed by atoms with E-state index in [0.29, 0.717) is 5.92 Å². The maximum Gasteiger partial charge on any atom is 0.0638 e. The largest absolute Gasteiger partial charge is 0.395 e. The molecule has 1 aromatic rings. The van der Waals surface area contributed by atoms with Gasteiger partial charge >= 0.3 is 0 Å². The SMILES string of the molecule is Cc1nn(C)cc1CNC(CO)CC(C)C. The summed E-state index contributed by atoms with van der Waals surface area (Å²) < 4.78 is 1.82. The normalized spacial score (nSPS) is 13.4. The molecule has 0 radical (unpaired) electrons. The fourth-order valence-electron chi connectivity index (χ4n) is 1.87. The first-order valence-corrected chi connectivity index (χ1v) is 5.86. The molecule has 0 saturated carbocycles. The Balaban J connectivity index is 2.46. The first-order chi connectivity index (χ1) is 7.52. The summed E-state index contributed by atoms with van der Waals surface area (Å²) in [7, 11) is 1.92. The zero-order chi connectivity index (χ0) is 12.1. The molecule has 1 unspecified atom stereocenters. The molecule has 0 fully saturated rings. The van der Waals surface area contributed by atoms with Gasteiger partial charge in [-0.2, -0.15) is 5.10 Å². The minimum atomic E-state index is 0.180. The molecule has 0 aliphatic rings. The van der Waals surface area contributed by atoms with Crippen molar-refractivity contribution in [2.45, 2.75) is 39.8 Å². The Kier molecular flexibility index (Phi) is 4.96. The number of aliphatic hydroxyl groups excluding tert-OH is 1. The molecule has 92 valence electrons. The Morgan fingerprint density at radius 2 is 2.19 bits per heavy atom. The first-order valence-electron chi connectivity index (χ1n) is 5.86. The average molecular weight is 225 g/mol. The molecule has 2 N–H and O–H groups in total. The van der Waals surface area contributed by atoms with Crippen molar-refractivity contribution in [3.8, 4) is 0 Å². The van der Waals surface area contributed by atoms with Crippen LogP contribution in [0.25, 0.3) is 0 Å². The maximum atomic E-state index is 9.24. The van der Waals surface area contributed by atoms with Crippen molar-refractivity contribution in [1.82, 2.24) is 15.1 Å². The monoisotopic (exact) mass is 225 g/mol. The zero-order valence-corrected chi connectivity index (χ0v) is 10.7. The molecule has 0 aromatic carbocycles. The van der Waals surface area contributed by atoms with Gasteiger partial charge in [-0.3, -0.25) is 4.68 Å². The fraction of sp³-hybridized carbons (Fsp3) is 0.750. The van der Waals surface area contributed by atoms with Gasteiger partial charge in [0, 0.05) is 31.4 Å². The highest BCUT2D eigenvalue weighted by molar-refractivity contribution is 5.14. The summed E-state index contributed by atoms with van der Waals surface area (Å²) in [6, 6.07) is 0.180. The van der Waals surface area contributed by atoms with E-state index in [4.69, 9.17) is 0 Å². The van der Waals surface area contributed by atoms with Crippen LogP contribution in [0.1, 0.15) is 31.5 Å². The number of rotatable bonds is 6. The quantitative estimate of drug-likeness (QED) is 0.765. The van der Waals surface area contributed by atoms with Crippen molar-refractivity contribution in [2.24, 2.45) is 13.0 Å². The van der Waals surface area contributed by atoms with Crippen LogP contribution < -0.4 is 5.32 Å². The topological polar surface area (TPSA) is 50.1 Å². The van der Waals surface area contributed by atoms with Crippen molar-refractivity contribution < 1.29 is 5.11 Å². The molecule has 1 aromatic heterocycles. The van der Waals surface area contributed by atoms with Crippen molar-refractivity contribution in [3.63, 3.8) is 0 Å². The minimum Gasteiger partial charge on any atom is -0.395 e. The second kappa shape index (κ2) is 6.01. The van der Waals surface area contributed by atoms with Crippen LogP contribution in [0.4, 0.5) is 0 Å². The number of aliphatic hydroxyl groups is 1. The number of hydrogen-bond acceptors (Lipinski definition) is 3. The first kappa shape index (κ1) is 13.2. The van der Waals surface area contributed by atoms with Crippen LogP contribution in [0.5, 0.6) is 0 Å². The van der Waals surface area contributed by atoms with E-state index in [1.807, 2.05) is 24.9 Å². The van der Waals surface area contributed by atoms with E-state index in [2.05, 4.69) is 24.3 Å². The molecule has 4 heteroatoms. The molecule has 0 saturated heterocycles. The molecule has 1 rings (SSSR count). The van der Waals surface area contributed by atoms with E-state index in [1.165, 1.54) is 5.56 Å². The van der Waals surface area contributed by atoms with E-state index in [1.54, 1.807) is 0 Å². The number of nitrogens with one attached hydrogen (secondary N) is 1. The van der Waals surface area contributed by atoms with Crippen molar-refractivity contribution >= 4 is 0 Å². The lowest BCUT2D eigenvalue weighted by Crippen LogP contribution is -2.33. The number of nitrogens with zero attached hydrogens (tertiary/aromatic N) is 2. The van der Waals surface area contributed by atoms with Gasteiger partial charge in [0.1, 0.15) is 0 Å². The zero-order valence-electron chi connectivity index (χ0n) is 10.7. The predicted molar refractivity (Wildman–Crippen MR) is 65.1 cm³/mol. The van der Waals surface area contributed by atoms with Crippen LogP contribution in [-0.2, 0) is 13.6 Å². The van der Waals surface area contributed by atoms with E-state index >= 15 is 0 Å². The van der Waals surface area contributed by atoms with Gasteiger partial charge in [0.05, 0.1) is 12.3 Å². The fourth-order valence-corrected chi connectivity index (χ4v) is 1.87. The molecule has 0 amide bonds. The summed E-state index contributed by atoms with van der Waals surface area (Å²) in [5, 5.41) is 16.9. The van der Waals surface area contributed by atoms with E-state index in [-0.39, 0.29) is 12.6 Å². The molecule has 4 nitrogen and oxygen atoms in total. The highest BCUT2D eigenvalue weighted by Crippen LogP contribution is 2.07.